The molecule has 1 aliphatic rings. The molecule has 1 aliphatic carbocycles. The number of hydrogen-bond acceptors (Lipinski definition) is 4. The molecule has 0 saturated heterocycles. The molecule has 26 heavy (non-hydrogen) atoms. The largest absolute Gasteiger partial charge is 0.490 e. The lowest BCUT2D eigenvalue weighted by Crippen LogP contribution is -2.23. The zero-order valence-electron chi connectivity index (χ0n) is 14.9. The molecule has 1 fully saturated rings. The second kappa shape index (κ2) is 8.52. The number of benzene rings is 2. The number of hydrogen-bond donors (Lipinski definition) is 1. The Morgan fingerprint density at radius 2 is 1.65 bits per heavy atom. The summed E-state index contributed by atoms with van der Waals surface area (Å²) in [5.41, 5.74) is 1.87. The van der Waals surface area contributed by atoms with Crippen molar-refractivity contribution < 1.29 is 19.1 Å². The topological polar surface area (TPSA) is 64.6 Å². The maximum Gasteiger partial charge on any atom is 0.337 e. The minimum Gasteiger partial charge on any atom is -0.490 e. The average molecular weight is 353 g/mol. The highest BCUT2D eigenvalue weighted by molar-refractivity contribution is 5.96. The number of carbonyl (C=O) groups is 2. The molecule has 3 rings (SSSR count). The van der Waals surface area contributed by atoms with E-state index in [1.54, 1.807) is 24.3 Å². The van der Waals surface area contributed by atoms with Gasteiger partial charge in [-0.2, -0.15) is 0 Å². The van der Waals surface area contributed by atoms with E-state index in [0.717, 1.165) is 24.2 Å². The molecule has 0 aromatic heterocycles. The first-order valence-electron chi connectivity index (χ1n) is 8.88. The molecule has 1 N–H and O–H groups in total. The first-order valence-corrected chi connectivity index (χ1v) is 8.88. The summed E-state index contributed by atoms with van der Waals surface area (Å²) in [5.74, 6) is 0.216. The Balaban J connectivity index is 1.61. The number of ether oxygens (including phenoxy) is 2. The van der Waals surface area contributed by atoms with Crippen molar-refractivity contribution in [3.63, 3.8) is 0 Å². The summed E-state index contributed by atoms with van der Waals surface area (Å²) in [7, 11) is 1.33. The molecule has 1 saturated carbocycles. The standard InChI is InChI=1S/C21H23NO4/c1-25-21(24)16-12-10-15(11-13-16)20(23)22-14-17-6-2-5-9-19(17)26-18-7-3-4-8-18/h2,5-6,9-13,18H,3-4,7-8,14H2,1H3,(H,22,23). The van der Waals surface area contributed by atoms with Gasteiger partial charge >= 0.3 is 5.97 Å². The molecule has 5 nitrogen and oxygen atoms in total. The minimum atomic E-state index is -0.421. The van der Waals surface area contributed by atoms with Gasteiger partial charge in [-0.3, -0.25) is 4.79 Å². The summed E-state index contributed by atoms with van der Waals surface area (Å²) in [4.78, 5) is 23.8. The smallest absolute Gasteiger partial charge is 0.337 e. The monoisotopic (exact) mass is 353 g/mol. The van der Waals surface area contributed by atoms with Crippen molar-refractivity contribution in [2.45, 2.75) is 38.3 Å². The van der Waals surface area contributed by atoms with E-state index in [-0.39, 0.29) is 12.0 Å². The van der Waals surface area contributed by atoms with Crippen LogP contribution in [0.1, 0.15) is 52.0 Å². The molecule has 0 spiro atoms. The Morgan fingerprint density at radius 3 is 2.35 bits per heavy atom. The molecular weight excluding hydrogens is 330 g/mol. The van der Waals surface area contributed by atoms with Crippen LogP contribution in [0.4, 0.5) is 0 Å². The van der Waals surface area contributed by atoms with E-state index in [1.165, 1.54) is 20.0 Å². The van der Waals surface area contributed by atoms with Crippen LogP contribution in [0.2, 0.25) is 0 Å². The van der Waals surface area contributed by atoms with Gasteiger partial charge in [0.25, 0.3) is 5.91 Å². The van der Waals surface area contributed by atoms with E-state index in [1.807, 2.05) is 24.3 Å². The summed E-state index contributed by atoms with van der Waals surface area (Å²) < 4.78 is 10.8. The molecule has 2 aromatic rings. The van der Waals surface area contributed by atoms with Crippen molar-refractivity contribution in [3.05, 3.63) is 65.2 Å². The van der Waals surface area contributed by atoms with E-state index in [4.69, 9.17) is 4.74 Å². The van der Waals surface area contributed by atoms with Gasteiger partial charge < -0.3 is 14.8 Å². The fourth-order valence-corrected chi connectivity index (χ4v) is 3.10. The zero-order valence-corrected chi connectivity index (χ0v) is 14.9. The molecule has 2 aromatic carbocycles. The van der Waals surface area contributed by atoms with Crippen LogP contribution in [0.25, 0.3) is 0 Å². The second-order valence-corrected chi connectivity index (χ2v) is 6.38. The van der Waals surface area contributed by atoms with Crippen molar-refractivity contribution in [2.75, 3.05) is 7.11 Å². The molecule has 0 bridgehead atoms. The number of methoxy groups -OCH3 is 1. The Morgan fingerprint density at radius 1 is 1.00 bits per heavy atom. The van der Waals surface area contributed by atoms with Gasteiger partial charge in [0.1, 0.15) is 5.75 Å². The first kappa shape index (κ1) is 18.0. The van der Waals surface area contributed by atoms with Crippen molar-refractivity contribution in [2.24, 2.45) is 0 Å². The van der Waals surface area contributed by atoms with Crippen LogP contribution in [-0.2, 0) is 11.3 Å². The minimum absolute atomic E-state index is 0.197. The third-order valence-corrected chi connectivity index (χ3v) is 4.58. The maximum absolute atomic E-state index is 12.4. The van der Waals surface area contributed by atoms with E-state index >= 15 is 0 Å². The molecule has 0 aliphatic heterocycles. The predicted molar refractivity (Wildman–Crippen MR) is 98.3 cm³/mol. The fourth-order valence-electron chi connectivity index (χ4n) is 3.10. The molecule has 0 heterocycles. The lowest BCUT2D eigenvalue weighted by molar-refractivity contribution is 0.0600. The lowest BCUT2D eigenvalue weighted by Gasteiger charge is -2.16. The van der Waals surface area contributed by atoms with Crippen molar-refractivity contribution >= 4 is 11.9 Å². The molecule has 136 valence electrons. The Kier molecular flexibility index (Phi) is 5.89. The molecule has 0 unspecified atom stereocenters. The van der Waals surface area contributed by atoms with E-state index in [9.17, 15) is 9.59 Å². The van der Waals surface area contributed by atoms with Gasteiger partial charge in [-0.15, -0.1) is 0 Å². The van der Waals surface area contributed by atoms with Crippen LogP contribution >= 0.6 is 0 Å². The third kappa shape index (κ3) is 4.42. The van der Waals surface area contributed by atoms with Crippen LogP contribution in [0.5, 0.6) is 5.75 Å². The summed E-state index contributed by atoms with van der Waals surface area (Å²) in [6.45, 7) is 0.389. The van der Waals surface area contributed by atoms with Crippen LogP contribution in [0.15, 0.2) is 48.5 Å². The van der Waals surface area contributed by atoms with Crippen LogP contribution < -0.4 is 10.1 Å². The number of carbonyl (C=O) groups excluding carboxylic acids is 2. The summed E-state index contributed by atoms with van der Waals surface area (Å²) >= 11 is 0. The Hall–Kier alpha value is -2.82. The molecule has 0 radical (unpaired) electrons. The van der Waals surface area contributed by atoms with Gasteiger partial charge in [0.05, 0.1) is 18.8 Å². The van der Waals surface area contributed by atoms with Crippen LogP contribution in [0, 0.1) is 0 Å². The van der Waals surface area contributed by atoms with E-state index < -0.39 is 5.97 Å². The molecule has 0 atom stereocenters. The van der Waals surface area contributed by atoms with E-state index in [0.29, 0.717) is 17.7 Å². The van der Waals surface area contributed by atoms with Crippen molar-refractivity contribution in [1.29, 1.82) is 0 Å². The quantitative estimate of drug-likeness (QED) is 0.804. The van der Waals surface area contributed by atoms with Crippen LogP contribution in [-0.4, -0.2) is 25.1 Å². The zero-order chi connectivity index (χ0) is 18.4. The number of para-hydroxylation sites is 1. The highest BCUT2D eigenvalue weighted by Crippen LogP contribution is 2.26. The molecule has 5 heteroatoms. The molecular formula is C21H23NO4. The van der Waals surface area contributed by atoms with Crippen molar-refractivity contribution in [3.8, 4) is 5.75 Å². The number of nitrogens with one attached hydrogen (secondary N) is 1. The lowest BCUT2D eigenvalue weighted by atomic mass is 10.1. The third-order valence-electron chi connectivity index (χ3n) is 4.58. The second-order valence-electron chi connectivity index (χ2n) is 6.38. The van der Waals surface area contributed by atoms with Gasteiger partial charge in [-0.05, 0) is 56.0 Å². The van der Waals surface area contributed by atoms with Crippen LogP contribution in [0.3, 0.4) is 0 Å². The number of amides is 1. The SMILES string of the molecule is COC(=O)c1ccc(C(=O)NCc2ccccc2OC2CCCC2)cc1. The van der Waals surface area contributed by atoms with Gasteiger partial charge in [-0.25, -0.2) is 4.79 Å². The number of rotatable bonds is 6. The number of esters is 1. The average Bonchev–Trinajstić information content (AvgIpc) is 3.19. The highest BCUT2D eigenvalue weighted by atomic mass is 16.5. The predicted octanol–water partition coefficient (Wildman–Crippen LogP) is 3.72. The summed E-state index contributed by atoms with van der Waals surface area (Å²) in [5, 5.41) is 2.91. The normalized spacial score (nSPS) is 14.0. The summed E-state index contributed by atoms with van der Waals surface area (Å²) in [6, 6.07) is 14.2. The van der Waals surface area contributed by atoms with Gasteiger partial charge in [-0.1, -0.05) is 18.2 Å². The summed E-state index contributed by atoms with van der Waals surface area (Å²) in [6.07, 6.45) is 4.88. The van der Waals surface area contributed by atoms with Gasteiger partial charge in [0.2, 0.25) is 0 Å². The van der Waals surface area contributed by atoms with E-state index in [2.05, 4.69) is 10.1 Å². The van der Waals surface area contributed by atoms with Crippen molar-refractivity contribution in [1.82, 2.24) is 5.32 Å². The maximum atomic E-state index is 12.4. The Labute approximate surface area is 153 Å². The Bertz CT molecular complexity index is 764. The molecule has 1 amide bonds. The first-order chi connectivity index (χ1) is 12.7. The van der Waals surface area contributed by atoms with Gasteiger partial charge in [0.15, 0.2) is 0 Å². The highest BCUT2D eigenvalue weighted by Gasteiger charge is 2.18. The fraction of sp³-hybridized carbons (Fsp3) is 0.333. The van der Waals surface area contributed by atoms with Gasteiger partial charge in [0, 0.05) is 17.7 Å².